The van der Waals surface area contributed by atoms with E-state index in [4.69, 9.17) is 9.47 Å². The van der Waals surface area contributed by atoms with E-state index in [-0.39, 0.29) is 45.1 Å². The number of carbonyl (C=O) groups is 1. The summed E-state index contributed by atoms with van der Waals surface area (Å²) in [6.45, 7) is 0.429. The molecule has 0 aliphatic heterocycles. The van der Waals surface area contributed by atoms with Crippen LogP contribution in [0.25, 0.3) is 22.0 Å². The van der Waals surface area contributed by atoms with Crippen molar-refractivity contribution in [3.63, 3.8) is 0 Å². The lowest BCUT2D eigenvalue weighted by Gasteiger charge is -2.18. The Morgan fingerprint density at radius 2 is 1.90 bits per heavy atom. The molecule has 4 aromatic rings. The molecule has 2 aromatic heterocycles. The third-order valence-corrected chi connectivity index (χ3v) is 6.51. The van der Waals surface area contributed by atoms with Crippen LogP contribution in [0.3, 0.4) is 0 Å². The number of fused-ring (bicyclic) bond motifs is 1. The van der Waals surface area contributed by atoms with Crippen LogP contribution >= 0.6 is 0 Å². The van der Waals surface area contributed by atoms with E-state index in [1.54, 1.807) is 12.1 Å². The fourth-order valence-electron chi connectivity index (χ4n) is 4.47. The summed E-state index contributed by atoms with van der Waals surface area (Å²) in [4.78, 5) is 23.0. The molecular weight excluding hydrogens is 567 g/mol. The Morgan fingerprint density at radius 1 is 1.20 bits per heavy atom. The summed E-state index contributed by atoms with van der Waals surface area (Å²) in [5.74, 6) is -0.932. The predicted molar refractivity (Wildman–Crippen MR) is 145 cm³/mol. The number of carboxylic acid groups (broad SMARTS) is 1. The van der Waals surface area contributed by atoms with Crippen LogP contribution in [0.1, 0.15) is 21.9 Å². The van der Waals surface area contributed by atoms with Crippen LogP contribution in [0.2, 0.25) is 0 Å². The van der Waals surface area contributed by atoms with Crippen molar-refractivity contribution < 1.29 is 41.0 Å². The van der Waals surface area contributed by atoms with E-state index in [2.05, 4.69) is 9.97 Å². The minimum Gasteiger partial charge on any atom is -0.494 e. The third-order valence-electron chi connectivity index (χ3n) is 5.92. The number of hydrogen-bond acceptors (Lipinski definition) is 8. The first-order valence-electron chi connectivity index (χ1n) is 11.9. The number of rotatable bonds is 9. The molecule has 0 unspecified atom stereocenters. The normalized spacial score (nSPS) is 12.1. The van der Waals surface area contributed by atoms with Gasteiger partial charge in [-0.25, -0.2) is 18.2 Å². The van der Waals surface area contributed by atoms with Gasteiger partial charge in [0.2, 0.25) is 15.9 Å². The lowest BCUT2D eigenvalue weighted by atomic mass is 9.97. The molecule has 0 bridgehead atoms. The van der Waals surface area contributed by atoms with Gasteiger partial charge in [0, 0.05) is 35.8 Å². The second-order valence-electron chi connectivity index (χ2n) is 9.37. The molecule has 218 valence electrons. The zero-order valence-electron chi connectivity index (χ0n) is 22.6. The SMILES string of the molecule is COc1c(NS(C)(=O)=O)cc(C(F)(F)F)cc1-c1c(C(=O)O)n(C)c2c(Oc3ccnc(CN(C)C)n3)cccc12. The molecule has 0 saturated heterocycles. The first-order chi connectivity index (χ1) is 19.1. The van der Waals surface area contributed by atoms with Crippen LogP contribution in [0, 0.1) is 0 Å². The minimum atomic E-state index is -4.89. The smallest absolute Gasteiger partial charge is 0.416 e. The van der Waals surface area contributed by atoms with Crippen molar-refractivity contribution in [3.05, 3.63) is 59.7 Å². The number of carboxylic acids is 1. The van der Waals surface area contributed by atoms with Crippen LogP contribution in [0.5, 0.6) is 17.4 Å². The molecule has 0 aliphatic carbocycles. The molecule has 0 radical (unpaired) electrons. The number of nitrogens with zero attached hydrogens (tertiary/aromatic N) is 4. The molecule has 0 amide bonds. The van der Waals surface area contributed by atoms with E-state index in [9.17, 15) is 31.5 Å². The molecular formula is C26H26F3N5O6S. The van der Waals surface area contributed by atoms with Gasteiger partial charge in [-0.05, 0) is 32.3 Å². The molecule has 2 aromatic carbocycles. The molecule has 0 fully saturated rings. The highest BCUT2D eigenvalue weighted by Gasteiger charge is 2.35. The molecule has 15 heteroatoms. The van der Waals surface area contributed by atoms with Crippen molar-refractivity contribution in [1.82, 2.24) is 19.4 Å². The molecule has 41 heavy (non-hydrogen) atoms. The third kappa shape index (κ3) is 6.20. The van der Waals surface area contributed by atoms with E-state index in [1.165, 1.54) is 29.9 Å². The Kier molecular flexibility index (Phi) is 7.87. The molecule has 11 nitrogen and oxygen atoms in total. The maximum absolute atomic E-state index is 14.0. The van der Waals surface area contributed by atoms with Crippen LogP contribution < -0.4 is 14.2 Å². The number of aromatic carboxylic acids is 1. The number of anilines is 1. The number of ether oxygens (including phenoxy) is 2. The second kappa shape index (κ2) is 10.9. The Hall–Kier alpha value is -4.37. The van der Waals surface area contributed by atoms with Crippen LogP contribution in [0.4, 0.5) is 18.9 Å². The Bertz CT molecular complexity index is 1750. The fourth-order valence-corrected chi connectivity index (χ4v) is 5.02. The van der Waals surface area contributed by atoms with Gasteiger partial charge in [0.1, 0.15) is 11.5 Å². The number of alkyl halides is 3. The van der Waals surface area contributed by atoms with Crippen molar-refractivity contribution >= 4 is 32.6 Å². The summed E-state index contributed by atoms with van der Waals surface area (Å²) in [5.41, 5.74) is -2.27. The predicted octanol–water partition coefficient (Wildman–Crippen LogP) is 4.59. The highest BCUT2D eigenvalue weighted by atomic mass is 32.2. The monoisotopic (exact) mass is 593 g/mol. The molecule has 0 aliphatic rings. The maximum atomic E-state index is 14.0. The lowest BCUT2D eigenvalue weighted by Crippen LogP contribution is -2.14. The van der Waals surface area contributed by atoms with Gasteiger partial charge in [0.25, 0.3) is 0 Å². The van der Waals surface area contributed by atoms with E-state index >= 15 is 0 Å². The van der Waals surface area contributed by atoms with Gasteiger partial charge in [-0.15, -0.1) is 0 Å². The molecule has 0 saturated carbocycles. The summed E-state index contributed by atoms with van der Waals surface area (Å²) in [6.07, 6.45) is -2.62. The summed E-state index contributed by atoms with van der Waals surface area (Å²) in [7, 11) is 2.21. The highest BCUT2D eigenvalue weighted by Crippen LogP contribution is 2.47. The molecule has 0 spiro atoms. The number of halogens is 3. The standard InChI is InChI=1S/C26H26F3N5O6S/c1-33(2)13-19-30-10-9-20(31-19)40-18-8-6-7-15-21(23(25(35)36)34(3)22(15)18)16-11-14(26(27,28)29)12-17(24(16)39-4)32-41(5,37)38/h6-12,32H,13H2,1-5H3,(H,35,36). The number of benzene rings is 2. The first kappa shape index (κ1) is 29.6. The molecule has 2 N–H and O–H groups in total. The van der Waals surface area contributed by atoms with Crippen molar-refractivity contribution in [1.29, 1.82) is 0 Å². The number of aryl methyl sites for hydroxylation is 1. The lowest BCUT2D eigenvalue weighted by molar-refractivity contribution is -0.137. The van der Waals surface area contributed by atoms with E-state index in [0.717, 1.165) is 19.4 Å². The van der Waals surface area contributed by atoms with E-state index < -0.39 is 33.4 Å². The topological polar surface area (TPSA) is 136 Å². The van der Waals surface area contributed by atoms with Gasteiger partial charge in [-0.2, -0.15) is 18.2 Å². The second-order valence-corrected chi connectivity index (χ2v) is 11.1. The number of nitrogens with one attached hydrogen (secondary N) is 1. The van der Waals surface area contributed by atoms with Crippen molar-refractivity contribution in [2.75, 3.05) is 32.2 Å². The number of para-hydroxylation sites is 1. The largest absolute Gasteiger partial charge is 0.494 e. The number of aromatic nitrogens is 3. The number of sulfonamides is 1. The number of hydrogen-bond donors (Lipinski definition) is 2. The fraction of sp³-hybridized carbons (Fsp3) is 0.269. The molecule has 0 atom stereocenters. The van der Waals surface area contributed by atoms with Gasteiger partial charge < -0.3 is 24.0 Å². The summed E-state index contributed by atoms with van der Waals surface area (Å²) >= 11 is 0. The molecule has 2 heterocycles. The van der Waals surface area contributed by atoms with Crippen molar-refractivity contribution in [2.45, 2.75) is 12.7 Å². The van der Waals surface area contributed by atoms with Crippen LogP contribution in [0.15, 0.2) is 42.6 Å². The van der Waals surface area contributed by atoms with Crippen molar-refractivity contribution in [2.24, 2.45) is 7.05 Å². The van der Waals surface area contributed by atoms with Gasteiger partial charge in [-0.1, -0.05) is 12.1 Å². The maximum Gasteiger partial charge on any atom is 0.416 e. The quantitative estimate of drug-likeness (QED) is 0.286. The Morgan fingerprint density at radius 3 is 2.49 bits per heavy atom. The Balaban J connectivity index is 2.03. The van der Waals surface area contributed by atoms with E-state index in [1.807, 2.05) is 23.7 Å². The van der Waals surface area contributed by atoms with Crippen LogP contribution in [-0.4, -0.2) is 66.4 Å². The average Bonchev–Trinajstić information content (AvgIpc) is 3.15. The first-order valence-corrected chi connectivity index (χ1v) is 13.8. The van der Waals surface area contributed by atoms with Crippen molar-refractivity contribution in [3.8, 4) is 28.5 Å². The summed E-state index contributed by atoms with van der Waals surface area (Å²) in [5, 5.41) is 10.4. The van der Waals surface area contributed by atoms with Crippen LogP contribution in [-0.2, 0) is 29.8 Å². The average molecular weight is 594 g/mol. The van der Waals surface area contributed by atoms with Gasteiger partial charge in [0.15, 0.2) is 11.5 Å². The van der Waals surface area contributed by atoms with Gasteiger partial charge in [-0.3, -0.25) is 4.72 Å². The highest BCUT2D eigenvalue weighted by molar-refractivity contribution is 7.92. The van der Waals surface area contributed by atoms with E-state index in [0.29, 0.717) is 18.4 Å². The summed E-state index contributed by atoms with van der Waals surface area (Å²) < 4.78 is 80.5. The Labute approximate surface area is 233 Å². The number of methoxy groups -OCH3 is 1. The zero-order valence-corrected chi connectivity index (χ0v) is 23.4. The zero-order chi connectivity index (χ0) is 30.3. The summed E-state index contributed by atoms with van der Waals surface area (Å²) in [6, 6.07) is 7.45. The minimum absolute atomic E-state index is 0.129. The van der Waals surface area contributed by atoms with Gasteiger partial charge in [0.05, 0.1) is 36.7 Å². The van der Waals surface area contributed by atoms with Gasteiger partial charge >= 0.3 is 12.1 Å². The molecule has 4 rings (SSSR count).